The number of benzene rings is 1. The second-order valence-electron chi connectivity index (χ2n) is 7.60. The molecule has 5 nitrogen and oxygen atoms in total. The maximum atomic E-state index is 12.9. The highest BCUT2D eigenvalue weighted by Gasteiger charge is 2.48. The number of methoxy groups -OCH3 is 1. The van der Waals surface area contributed by atoms with Crippen molar-refractivity contribution < 1.29 is 23.8 Å². The Labute approximate surface area is 169 Å². The van der Waals surface area contributed by atoms with E-state index in [2.05, 4.69) is 31.1 Å². The Morgan fingerprint density at radius 1 is 1.07 bits per heavy atom. The molecule has 0 amide bonds. The molecule has 0 unspecified atom stereocenters. The van der Waals surface area contributed by atoms with Gasteiger partial charge >= 0.3 is 11.9 Å². The van der Waals surface area contributed by atoms with E-state index in [-0.39, 0.29) is 26.1 Å². The van der Waals surface area contributed by atoms with Crippen LogP contribution in [0.1, 0.15) is 32.3 Å². The molecule has 0 aliphatic carbocycles. The van der Waals surface area contributed by atoms with Crippen LogP contribution >= 0.6 is 0 Å². The van der Waals surface area contributed by atoms with Gasteiger partial charge in [-0.25, -0.2) is 0 Å². The van der Waals surface area contributed by atoms with E-state index in [1.54, 1.807) is 21.0 Å². The molecule has 0 spiro atoms. The molecule has 1 aromatic carbocycles. The normalized spacial score (nSPS) is 11.2. The van der Waals surface area contributed by atoms with Crippen molar-refractivity contribution in [3.63, 3.8) is 0 Å². The zero-order valence-electron chi connectivity index (χ0n) is 17.9. The van der Waals surface area contributed by atoms with Gasteiger partial charge in [0.05, 0.1) is 20.3 Å². The summed E-state index contributed by atoms with van der Waals surface area (Å²) in [5.41, 5.74) is 2.66. The molecule has 0 aliphatic heterocycles. The number of hydrogen-bond acceptors (Lipinski definition) is 5. The van der Waals surface area contributed by atoms with Gasteiger partial charge in [0.1, 0.15) is 13.8 Å². The van der Waals surface area contributed by atoms with Crippen LogP contribution in [0.3, 0.4) is 0 Å². The van der Waals surface area contributed by atoms with Crippen LogP contribution in [-0.2, 0) is 25.5 Å². The van der Waals surface area contributed by atoms with Gasteiger partial charge in [0.2, 0.25) is 0 Å². The third-order valence-electron chi connectivity index (χ3n) is 4.11. The molecule has 0 aromatic heterocycles. The van der Waals surface area contributed by atoms with Gasteiger partial charge in [-0.05, 0) is 44.4 Å². The fourth-order valence-electron chi connectivity index (χ4n) is 2.79. The van der Waals surface area contributed by atoms with Gasteiger partial charge in [0, 0.05) is 6.42 Å². The van der Waals surface area contributed by atoms with E-state index in [0.717, 1.165) is 5.56 Å². The summed E-state index contributed by atoms with van der Waals surface area (Å²) in [5, 5.41) is 0. The van der Waals surface area contributed by atoms with Gasteiger partial charge in [-0.3, -0.25) is 9.59 Å². The average Bonchev–Trinajstić information content (AvgIpc) is 2.64. The Morgan fingerprint density at radius 2 is 1.68 bits per heavy atom. The van der Waals surface area contributed by atoms with Crippen molar-refractivity contribution in [1.82, 2.24) is 0 Å². The third kappa shape index (κ3) is 7.04. The summed E-state index contributed by atoms with van der Waals surface area (Å²) in [6.45, 7) is 10.3. The lowest BCUT2D eigenvalue weighted by Gasteiger charge is -2.29. The molecular formula is C22H32O5Si. The van der Waals surface area contributed by atoms with Crippen molar-refractivity contribution >= 4 is 20.0 Å². The first-order chi connectivity index (χ1) is 13.2. The second-order valence-corrected chi connectivity index (χ2v) is 12.4. The number of ether oxygens (including phenoxy) is 3. The molecule has 28 heavy (non-hydrogen) atoms. The van der Waals surface area contributed by atoms with Gasteiger partial charge in [-0.15, -0.1) is 11.5 Å². The standard InChI is InChI=1S/C22H32O5Si/c1-7-26-20(23)22(21(24)27-8-2,14-9-10-15-28(4,5)6)17-18-12-11-13-19(16-18)25-3/h11-13,16H,7-9,14,17H2,1-6H3. The molecular weight excluding hydrogens is 372 g/mol. The van der Waals surface area contributed by atoms with Crippen LogP contribution in [0.25, 0.3) is 0 Å². The smallest absolute Gasteiger partial charge is 0.323 e. The van der Waals surface area contributed by atoms with Gasteiger partial charge in [-0.1, -0.05) is 31.8 Å². The molecule has 0 atom stereocenters. The maximum absolute atomic E-state index is 12.9. The van der Waals surface area contributed by atoms with Crippen molar-refractivity contribution in [2.75, 3.05) is 20.3 Å². The molecule has 6 heteroatoms. The Kier molecular flexibility index (Phi) is 9.27. The first-order valence-electron chi connectivity index (χ1n) is 9.66. The molecule has 1 rings (SSSR count). The lowest BCUT2D eigenvalue weighted by atomic mass is 9.77. The number of rotatable bonds is 9. The van der Waals surface area contributed by atoms with Crippen molar-refractivity contribution in [2.24, 2.45) is 5.41 Å². The summed E-state index contributed by atoms with van der Waals surface area (Å²) in [6.07, 6.45) is 0.849. The molecule has 0 N–H and O–H groups in total. The molecule has 154 valence electrons. The van der Waals surface area contributed by atoms with E-state index in [1.165, 1.54) is 0 Å². The maximum Gasteiger partial charge on any atom is 0.323 e. The minimum Gasteiger partial charge on any atom is -0.497 e. The highest BCUT2D eigenvalue weighted by Crippen LogP contribution is 2.33. The van der Waals surface area contributed by atoms with E-state index in [1.807, 2.05) is 24.3 Å². The van der Waals surface area contributed by atoms with E-state index in [9.17, 15) is 9.59 Å². The minimum absolute atomic E-state index is 0.177. The molecule has 0 fully saturated rings. The number of esters is 2. The number of hydrogen-bond donors (Lipinski definition) is 0. The minimum atomic E-state index is -1.53. The van der Waals surface area contributed by atoms with E-state index < -0.39 is 25.4 Å². The van der Waals surface area contributed by atoms with Crippen molar-refractivity contribution in [3.8, 4) is 17.2 Å². The molecule has 0 saturated carbocycles. The lowest BCUT2D eigenvalue weighted by molar-refractivity contribution is -0.172. The van der Waals surface area contributed by atoms with Crippen LogP contribution in [0.4, 0.5) is 0 Å². The van der Waals surface area contributed by atoms with Crippen molar-refractivity contribution in [3.05, 3.63) is 29.8 Å². The van der Waals surface area contributed by atoms with E-state index >= 15 is 0 Å². The summed E-state index contributed by atoms with van der Waals surface area (Å²) in [5.74, 6) is 2.69. The van der Waals surface area contributed by atoms with Crippen LogP contribution in [0.5, 0.6) is 5.75 Å². The fourth-order valence-corrected chi connectivity index (χ4v) is 3.45. The Bertz CT molecular complexity index is 706. The quantitative estimate of drug-likeness (QED) is 0.269. The third-order valence-corrected chi connectivity index (χ3v) is 5.04. The summed E-state index contributed by atoms with van der Waals surface area (Å²) < 4.78 is 15.9. The van der Waals surface area contributed by atoms with Crippen LogP contribution in [-0.4, -0.2) is 40.3 Å². The Hall–Kier alpha value is -2.26. The molecule has 0 bridgehead atoms. The van der Waals surface area contributed by atoms with E-state index in [0.29, 0.717) is 12.2 Å². The molecule has 0 heterocycles. The molecule has 0 aliphatic rings. The first-order valence-corrected chi connectivity index (χ1v) is 13.2. The summed E-state index contributed by atoms with van der Waals surface area (Å²) in [7, 11) is 0.0436. The summed E-state index contributed by atoms with van der Waals surface area (Å²) in [4.78, 5) is 25.9. The number of carbonyl (C=O) groups is 2. The van der Waals surface area contributed by atoms with Gasteiger partial charge in [-0.2, -0.15) is 0 Å². The predicted octanol–water partition coefficient (Wildman–Crippen LogP) is 4.01. The largest absolute Gasteiger partial charge is 0.497 e. The highest BCUT2D eigenvalue weighted by molar-refractivity contribution is 6.83. The van der Waals surface area contributed by atoms with Crippen LogP contribution in [0.15, 0.2) is 24.3 Å². The topological polar surface area (TPSA) is 61.8 Å². The number of carbonyl (C=O) groups excluding carboxylic acids is 2. The average molecular weight is 405 g/mol. The summed E-state index contributed by atoms with van der Waals surface area (Å²) in [6, 6.07) is 7.34. The van der Waals surface area contributed by atoms with Crippen LogP contribution in [0.2, 0.25) is 19.6 Å². The summed E-state index contributed by atoms with van der Waals surface area (Å²) >= 11 is 0. The Balaban J connectivity index is 3.30. The highest BCUT2D eigenvalue weighted by atomic mass is 28.3. The molecule has 1 aromatic rings. The van der Waals surface area contributed by atoms with E-state index in [4.69, 9.17) is 14.2 Å². The monoisotopic (exact) mass is 404 g/mol. The predicted molar refractivity (Wildman–Crippen MR) is 113 cm³/mol. The van der Waals surface area contributed by atoms with Crippen molar-refractivity contribution in [1.29, 1.82) is 0 Å². The lowest BCUT2D eigenvalue weighted by Crippen LogP contribution is -2.44. The van der Waals surface area contributed by atoms with Gasteiger partial charge in [0.25, 0.3) is 0 Å². The Morgan fingerprint density at radius 3 is 2.18 bits per heavy atom. The zero-order valence-corrected chi connectivity index (χ0v) is 18.9. The van der Waals surface area contributed by atoms with Crippen molar-refractivity contribution in [2.45, 2.75) is 52.8 Å². The van der Waals surface area contributed by atoms with Crippen LogP contribution in [0, 0.1) is 16.9 Å². The molecule has 0 radical (unpaired) electrons. The molecule has 0 saturated heterocycles. The van der Waals surface area contributed by atoms with Crippen LogP contribution < -0.4 is 4.74 Å². The zero-order chi connectivity index (χ0) is 21.2. The second kappa shape index (κ2) is 10.9. The van der Waals surface area contributed by atoms with Gasteiger partial charge in [0.15, 0.2) is 5.41 Å². The first kappa shape index (κ1) is 23.8. The van der Waals surface area contributed by atoms with Gasteiger partial charge < -0.3 is 14.2 Å². The fraction of sp³-hybridized carbons (Fsp3) is 0.545. The SMILES string of the molecule is CCOC(=O)C(CCC#C[Si](C)(C)C)(Cc1cccc(OC)c1)C(=O)OCC.